The molecule has 0 aliphatic heterocycles. The molecule has 6 heteroatoms. The van der Waals surface area contributed by atoms with Crippen LogP contribution in [0.3, 0.4) is 0 Å². The van der Waals surface area contributed by atoms with Gasteiger partial charge in [-0.25, -0.2) is 0 Å². The minimum atomic E-state index is -0.402. The highest BCUT2D eigenvalue weighted by atomic mass is 79.9. The topological polar surface area (TPSA) is 64.4 Å². The molecule has 0 unspecified atom stereocenters. The van der Waals surface area contributed by atoms with Gasteiger partial charge in [0.2, 0.25) is 0 Å². The minimum absolute atomic E-state index is 0.0516. The van der Waals surface area contributed by atoms with Crippen molar-refractivity contribution in [3.8, 4) is 5.75 Å². The second kappa shape index (κ2) is 7.19. The molecule has 0 fully saturated rings. The Kier molecular flexibility index (Phi) is 5.30. The molecule has 0 spiro atoms. The molecule has 0 atom stereocenters. The van der Waals surface area contributed by atoms with Crippen LogP contribution in [-0.4, -0.2) is 12.0 Å². The lowest BCUT2D eigenvalue weighted by Crippen LogP contribution is -2.05. The molecule has 2 rings (SSSR count). The van der Waals surface area contributed by atoms with Crippen molar-refractivity contribution in [3.05, 3.63) is 68.2 Å². The molecule has 0 radical (unpaired) electrons. The fraction of sp³-hybridized carbons (Fsp3) is 0.200. The number of nitrogens with zero attached hydrogens (tertiary/aromatic N) is 1. The fourth-order valence-electron chi connectivity index (χ4n) is 1.94. The van der Waals surface area contributed by atoms with E-state index in [2.05, 4.69) is 21.2 Å². The van der Waals surface area contributed by atoms with E-state index >= 15 is 0 Å². The summed E-state index contributed by atoms with van der Waals surface area (Å²) in [7, 11) is 1.87. The Morgan fingerprint density at radius 1 is 1.29 bits per heavy atom. The van der Waals surface area contributed by atoms with E-state index in [0.717, 1.165) is 12.1 Å². The summed E-state index contributed by atoms with van der Waals surface area (Å²) in [6.45, 7) is 0.905. The van der Waals surface area contributed by atoms with Gasteiger partial charge >= 0.3 is 0 Å². The summed E-state index contributed by atoms with van der Waals surface area (Å²) in [6, 6.07) is 12.6. The Hall–Kier alpha value is -1.92. The van der Waals surface area contributed by atoms with E-state index in [0.29, 0.717) is 15.8 Å². The zero-order valence-electron chi connectivity index (χ0n) is 11.5. The van der Waals surface area contributed by atoms with Crippen LogP contribution in [0.25, 0.3) is 0 Å². The molecule has 0 heterocycles. The first kappa shape index (κ1) is 15.5. The number of ether oxygens (including phenoxy) is 1. The molecule has 2 aromatic carbocycles. The lowest BCUT2D eigenvalue weighted by Gasteiger charge is -2.09. The number of nitro groups is 1. The van der Waals surface area contributed by atoms with Crippen molar-refractivity contribution in [2.75, 3.05) is 7.05 Å². The summed E-state index contributed by atoms with van der Waals surface area (Å²) < 4.78 is 6.34. The molecule has 0 saturated carbocycles. The number of nitrogens with one attached hydrogen (secondary N) is 1. The average molecular weight is 351 g/mol. The number of benzene rings is 2. The molecule has 0 saturated heterocycles. The maximum absolute atomic E-state index is 11.0. The van der Waals surface area contributed by atoms with E-state index in [-0.39, 0.29) is 12.3 Å². The van der Waals surface area contributed by atoms with Gasteiger partial charge in [-0.1, -0.05) is 28.1 Å². The Balaban J connectivity index is 2.13. The monoisotopic (exact) mass is 350 g/mol. The van der Waals surface area contributed by atoms with Gasteiger partial charge in [-0.3, -0.25) is 10.1 Å². The first-order valence-electron chi connectivity index (χ1n) is 6.39. The largest absolute Gasteiger partial charge is 0.489 e. The zero-order valence-corrected chi connectivity index (χ0v) is 13.1. The number of hydrogen-bond acceptors (Lipinski definition) is 4. The molecule has 0 aromatic heterocycles. The summed E-state index contributed by atoms with van der Waals surface area (Å²) in [6.07, 6.45) is 0. The van der Waals surface area contributed by atoms with Crippen LogP contribution in [0.5, 0.6) is 5.75 Å². The van der Waals surface area contributed by atoms with Gasteiger partial charge in [-0.05, 0) is 36.9 Å². The van der Waals surface area contributed by atoms with E-state index in [1.807, 2.05) is 31.3 Å². The van der Waals surface area contributed by atoms with Gasteiger partial charge in [0.25, 0.3) is 5.69 Å². The second-order valence-electron chi connectivity index (χ2n) is 4.50. The van der Waals surface area contributed by atoms with Gasteiger partial charge < -0.3 is 10.1 Å². The number of rotatable bonds is 6. The molecule has 110 valence electrons. The first-order valence-corrected chi connectivity index (χ1v) is 7.18. The summed E-state index contributed by atoms with van der Waals surface area (Å²) in [4.78, 5) is 10.6. The van der Waals surface area contributed by atoms with Gasteiger partial charge in [0.1, 0.15) is 12.4 Å². The van der Waals surface area contributed by atoms with E-state index in [4.69, 9.17) is 4.74 Å². The quantitative estimate of drug-likeness (QED) is 0.637. The highest BCUT2D eigenvalue weighted by molar-refractivity contribution is 9.10. The van der Waals surface area contributed by atoms with Crippen molar-refractivity contribution in [1.82, 2.24) is 5.32 Å². The van der Waals surface area contributed by atoms with Crippen LogP contribution in [0, 0.1) is 10.1 Å². The standard InChI is InChI=1S/C15H15BrN2O3/c1-17-9-11-3-2-4-14(7-11)21-10-12-5-6-13(16)8-15(12)18(19)20/h2-8,17H,9-10H2,1H3. The summed E-state index contributed by atoms with van der Waals surface area (Å²) in [5, 5.41) is 14.1. The van der Waals surface area contributed by atoms with Gasteiger partial charge in [-0.2, -0.15) is 0 Å². The minimum Gasteiger partial charge on any atom is -0.489 e. The molecule has 0 amide bonds. The molecule has 2 aromatic rings. The number of hydrogen-bond donors (Lipinski definition) is 1. The molecular weight excluding hydrogens is 336 g/mol. The zero-order chi connectivity index (χ0) is 15.2. The number of halogens is 1. The Morgan fingerprint density at radius 2 is 2.10 bits per heavy atom. The van der Waals surface area contributed by atoms with Gasteiger partial charge in [0, 0.05) is 17.1 Å². The van der Waals surface area contributed by atoms with Gasteiger partial charge in [0.05, 0.1) is 10.5 Å². The molecule has 0 bridgehead atoms. The lowest BCUT2D eigenvalue weighted by atomic mass is 10.2. The summed E-state index contributed by atoms with van der Waals surface area (Å²) >= 11 is 3.24. The Labute approximate surface area is 131 Å². The van der Waals surface area contributed by atoms with E-state index in [9.17, 15) is 10.1 Å². The highest BCUT2D eigenvalue weighted by Crippen LogP contribution is 2.25. The Bertz CT molecular complexity index is 647. The van der Waals surface area contributed by atoms with Crippen LogP contribution < -0.4 is 10.1 Å². The molecule has 0 aliphatic carbocycles. The predicted octanol–water partition coefficient (Wildman–Crippen LogP) is 3.66. The average Bonchev–Trinajstić information content (AvgIpc) is 2.46. The first-order chi connectivity index (χ1) is 10.1. The van der Waals surface area contributed by atoms with Crippen molar-refractivity contribution in [3.63, 3.8) is 0 Å². The third-order valence-electron chi connectivity index (χ3n) is 2.92. The van der Waals surface area contributed by atoms with Crippen molar-refractivity contribution >= 4 is 21.6 Å². The SMILES string of the molecule is CNCc1cccc(OCc2ccc(Br)cc2[N+](=O)[O-])c1. The van der Waals surface area contributed by atoms with Gasteiger partial charge in [0.15, 0.2) is 0 Å². The third-order valence-corrected chi connectivity index (χ3v) is 3.41. The van der Waals surface area contributed by atoms with Crippen molar-refractivity contribution < 1.29 is 9.66 Å². The van der Waals surface area contributed by atoms with Crippen LogP contribution in [0.2, 0.25) is 0 Å². The number of nitro benzene ring substituents is 1. The molecular formula is C15H15BrN2O3. The highest BCUT2D eigenvalue weighted by Gasteiger charge is 2.14. The van der Waals surface area contributed by atoms with Crippen molar-refractivity contribution in [2.45, 2.75) is 13.2 Å². The fourth-order valence-corrected chi connectivity index (χ4v) is 2.29. The smallest absolute Gasteiger partial charge is 0.277 e. The predicted molar refractivity (Wildman–Crippen MR) is 84.3 cm³/mol. The van der Waals surface area contributed by atoms with Crippen LogP contribution in [-0.2, 0) is 13.2 Å². The van der Waals surface area contributed by atoms with Gasteiger partial charge in [-0.15, -0.1) is 0 Å². The Morgan fingerprint density at radius 3 is 2.81 bits per heavy atom. The van der Waals surface area contributed by atoms with E-state index in [1.54, 1.807) is 12.1 Å². The van der Waals surface area contributed by atoms with Crippen molar-refractivity contribution in [1.29, 1.82) is 0 Å². The van der Waals surface area contributed by atoms with E-state index < -0.39 is 4.92 Å². The summed E-state index contributed by atoms with van der Waals surface area (Å²) in [5.74, 6) is 0.694. The maximum atomic E-state index is 11.0. The second-order valence-corrected chi connectivity index (χ2v) is 5.41. The normalized spacial score (nSPS) is 10.4. The molecule has 1 N–H and O–H groups in total. The third kappa shape index (κ3) is 4.27. The maximum Gasteiger partial charge on any atom is 0.277 e. The van der Waals surface area contributed by atoms with Crippen LogP contribution in [0.1, 0.15) is 11.1 Å². The van der Waals surface area contributed by atoms with Crippen molar-refractivity contribution in [2.24, 2.45) is 0 Å². The molecule has 0 aliphatic rings. The molecule has 21 heavy (non-hydrogen) atoms. The summed E-state index contributed by atoms with van der Waals surface area (Å²) in [5.41, 5.74) is 1.69. The van der Waals surface area contributed by atoms with Crippen LogP contribution >= 0.6 is 15.9 Å². The molecule has 5 nitrogen and oxygen atoms in total. The van der Waals surface area contributed by atoms with E-state index in [1.165, 1.54) is 6.07 Å². The van der Waals surface area contributed by atoms with Crippen LogP contribution in [0.15, 0.2) is 46.9 Å². The lowest BCUT2D eigenvalue weighted by molar-refractivity contribution is -0.385. The van der Waals surface area contributed by atoms with Crippen LogP contribution in [0.4, 0.5) is 5.69 Å².